The molecule has 3 heterocycles. The Hall–Kier alpha value is -2.84. The van der Waals surface area contributed by atoms with Gasteiger partial charge in [-0.25, -0.2) is 14.4 Å². The van der Waals surface area contributed by atoms with Crippen molar-refractivity contribution in [2.24, 2.45) is 0 Å². The summed E-state index contributed by atoms with van der Waals surface area (Å²) in [6, 6.07) is 8.99. The normalized spacial score (nSPS) is 19.1. The highest BCUT2D eigenvalue weighted by Crippen LogP contribution is 2.25. The molecule has 2 atom stereocenters. The highest BCUT2D eigenvalue weighted by molar-refractivity contribution is 5.79. The van der Waals surface area contributed by atoms with Gasteiger partial charge in [0.15, 0.2) is 0 Å². The van der Waals surface area contributed by atoms with E-state index < -0.39 is 0 Å². The molecule has 0 bridgehead atoms. The quantitative estimate of drug-likeness (QED) is 0.660. The minimum atomic E-state index is -0.384. The fourth-order valence-electron chi connectivity index (χ4n) is 3.75. The number of β-amino-alcohol motifs (C(OH)–C–C–N with tert-alkyl or cyclic N) is 1. The molecule has 3 aromatic rings. The van der Waals surface area contributed by atoms with Crippen LogP contribution in [0, 0.1) is 5.82 Å². The molecular formula is C21H25FN6O. The summed E-state index contributed by atoms with van der Waals surface area (Å²) in [5, 5.41) is 14.4. The van der Waals surface area contributed by atoms with Gasteiger partial charge in [-0.05, 0) is 24.1 Å². The predicted octanol–water partition coefficient (Wildman–Crippen LogP) is 1.96. The number of hydrogen-bond donors (Lipinski definition) is 2. The van der Waals surface area contributed by atoms with E-state index >= 15 is 0 Å². The number of aliphatic hydroxyl groups excluding tert-OH is 1. The van der Waals surface area contributed by atoms with E-state index in [2.05, 4.69) is 25.2 Å². The molecule has 7 nitrogen and oxygen atoms in total. The average Bonchev–Trinajstić information content (AvgIpc) is 3.09. The van der Waals surface area contributed by atoms with Gasteiger partial charge >= 0.3 is 0 Å². The first-order valence-electron chi connectivity index (χ1n) is 9.69. The molecule has 1 aliphatic rings. The Balaban J connectivity index is 1.42. The molecular weight excluding hydrogens is 371 g/mol. The van der Waals surface area contributed by atoms with Crippen LogP contribution >= 0.6 is 0 Å². The number of aromatic nitrogens is 3. The number of nitrogens with one attached hydrogen (secondary N) is 1. The van der Waals surface area contributed by atoms with Crippen molar-refractivity contribution in [1.82, 2.24) is 20.3 Å². The lowest BCUT2D eigenvalue weighted by Crippen LogP contribution is -2.38. The van der Waals surface area contributed by atoms with Crippen LogP contribution in [0.1, 0.15) is 12.0 Å². The highest BCUT2D eigenvalue weighted by atomic mass is 19.1. The third-order valence-corrected chi connectivity index (χ3v) is 5.21. The van der Waals surface area contributed by atoms with Crippen LogP contribution in [0.5, 0.6) is 0 Å². The number of fused-ring (bicyclic) bond motifs is 1. The molecule has 0 spiro atoms. The van der Waals surface area contributed by atoms with E-state index in [0.29, 0.717) is 31.6 Å². The number of pyridine rings is 1. The molecule has 0 amide bonds. The molecule has 0 saturated carbocycles. The van der Waals surface area contributed by atoms with Crippen LogP contribution in [0.4, 0.5) is 16.0 Å². The van der Waals surface area contributed by atoms with Crippen molar-refractivity contribution < 1.29 is 9.50 Å². The second kappa shape index (κ2) is 8.26. The molecule has 152 valence electrons. The molecule has 0 aliphatic carbocycles. The molecule has 29 heavy (non-hydrogen) atoms. The fraction of sp³-hybridized carbons (Fsp3) is 0.381. The van der Waals surface area contributed by atoms with Gasteiger partial charge in [0, 0.05) is 57.4 Å². The van der Waals surface area contributed by atoms with Crippen LogP contribution in [-0.4, -0.2) is 59.4 Å². The van der Waals surface area contributed by atoms with Gasteiger partial charge in [-0.3, -0.25) is 4.98 Å². The summed E-state index contributed by atoms with van der Waals surface area (Å²) >= 11 is 0. The maximum Gasteiger partial charge on any atom is 0.149 e. The maximum absolute atomic E-state index is 13.8. The summed E-state index contributed by atoms with van der Waals surface area (Å²) in [6.45, 7) is 1.86. The molecule has 2 N–H and O–H groups in total. The predicted molar refractivity (Wildman–Crippen MR) is 112 cm³/mol. The first-order valence-corrected chi connectivity index (χ1v) is 9.69. The standard InChI is InChI=1S/C21H25FN6O/c1-27(2)19-8-20(26-13-25-19)28-12-17(29)7-16(28)11-23-9-14-6-15-4-3-5-18(22)21(15)24-10-14/h3-6,8,10,13,16-17,23,29H,7,9,11-12H2,1-2H3/t16-,17-/m1/s1. The topological polar surface area (TPSA) is 77.4 Å². The molecule has 8 heteroatoms. The van der Waals surface area contributed by atoms with Crippen LogP contribution < -0.4 is 15.1 Å². The van der Waals surface area contributed by atoms with Gasteiger partial charge in [0.05, 0.1) is 6.10 Å². The van der Waals surface area contributed by atoms with Crippen LogP contribution in [0.2, 0.25) is 0 Å². The average molecular weight is 396 g/mol. The first kappa shape index (κ1) is 19.5. The number of halogens is 1. The van der Waals surface area contributed by atoms with Crippen LogP contribution in [0.25, 0.3) is 10.9 Å². The second-order valence-corrected chi connectivity index (χ2v) is 7.61. The fourth-order valence-corrected chi connectivity index (χ4v) is 3.75. The zero-order chi connectivity index (χ0) is 20.4. The van der Waals surface area contributed by atoms with E-state index in [4.69, 9.17) is 0 Å². The number of hydrogen-bond acceptors (Lipinski definition) is 7. The molecule has 0 radical (unpaired) electrons. The van der Waals surface area contributed by atoms with E-state index in [1.807, 2.05) is 37.2 Å². The summed E-state index contributed by atoms with van der Waals surface area (Å²) in [5.74, 6) is 1.34. The Kier molecular flexibility index (Phi) is 5.55. The van der Waals surface area contributed by atoms with E-state index in [9.17, 15) is 9.50 Å². The summed E-state index contributed by atoms with van der Waals surface area (Å²) in [4.78, 5) is 17.0. The van der Waals surface area contributed by atoms with E-state index in [0.717, 1.165) is 22.6 Å². The summed E-state index contributed by atoms with van der Waals surface area (Å²) in [6.07, 6.45) is 3.55. The van der Waals surface area contributed by atoms with Crippen LogP contribution in [-0.2, 0) is 6.54 Å². The second-order valence-electron chi connectivity index (χ2n) is 7.61. The third-order valence-electron chi connectivity index (χ3n) is 5.21. The maximum atomic E-state index is 13.8. The summed E-state index contributed by atoms with van der Waals surface area (Å²) < 4.78 is 13.8. The number of para-hydroxylation sites is 1. The minimum Gasteiger partial charge on any atom is -0.391 e. The Labute approximate surface area is 169 Å². The lowest BCUT2D eigenvalue weighted by molar-refractivity contribution is 0.194. The van der Waals surface area contributed by atoms with Crippen molar-refractivity contribution in [2.45, 2.75) is 25.1 Å². The molecule has 1 saturated heterocycles. The number of rotatable bonds is 6. The van der Waals surface area contributed by atoms with E-state index in [-0.39, 0.29) is 18.0 Å². The first-order chi connectivity index (χ1) is 14.0. The number of benzene rings is 1. The zero-order valence-electron chi connectivity index (χ0n) is 16.6. The largest absolute Gasteiger partial charge is 0.391 e. The van der Waals surface area contributed by atoms with Gasteiger partial charge in [-0.1, -0.05) is 12.1 Å². The van der Waals surface area contributed by atoms with Crippen molar-refractivity contribution in [3.05, 3.63) is 54.2 Å². The Morgan fingerprint density at radius 3 is 2.93 bits per heavy atom. The van der Waals surface area contributed by atoms with Gasteiger partial charge in [-0.2, -0.15) is 0 Å². The monoisotopic (exact) mass is 396 g/mol. The lowest BCUT2D eigenvalue weighted by Gasteiger charge is -2.26. The van der Waals surface area contributed by atoms with E-state index in [1.165, 1.54) is 6.07 Å². The van der Waals surface area contributed by atoms with Crippen molar-refractivity contribution in [2.75, 3.05) is 37.0 Å². The smallest absolute Gasteiger partial charge is 0.149 e. The zero-order valence-corrected chi connectivity index (χ0v) is 16.6. The third kappa shape index (κ3) is 4.28. The number of nitrogens with zero attached hydrogens (tertiary/aromatic N) is 5. The van der Waals surface area contributed by atoms with Crippen molar-refractivity contribution in [3.8, 4) is 0 Å². The van der Waals surface area contributed by atoms with Gasteiger partial charge in [0.25, 0.3) is 0 Å². The van der Waals surface area contributed by atoms with Gasteiger partial charge < -0.3 is 20.2 Å². The molecule has 1 fully saturated rings. The molecule has 2 aromatic heterocycles. The van der Waals surface area contributed by atoms with E-state index in [1.54, 1.807) is 18.6 Å². The SMILES string of the molecule is CN(C)c1cc(N2C[C@H](O)C[C@@H]2CNCc2cnc3c(F)cccc3c2)ncn1. The summed E-state index contributed by atoms with van der Waals surface area (Å²) in [5.41, 5.74) is 1.38. The lowest BCUT2D eigenvalue weighted by atomic mass is 10.1. The number of anilines is 2. The van der Waals surface area contributed by atoms with Gasteiger partial charge in [0.2, 0.25) is 0 Å². The molecule has 4 rings (SSSR count). The minimum absolute atomic E-state index is 0.126. The van der Waals surface area contributed by atoms with Crippen molar-refractivity contribution in [3.63, 3.8) is 0 Å². The van der Waals surface area contributed by atoms with Gasteiger partial charge in [0.1, 0.15) is 29.3 Å². The Morgan fingerprint density at radius 2 is 2.10 bits per heavy atom. The highest BCUT2D eigenvalue weighted by Gasteiger charge is 2.31. The number of aliphatic hydroxyl groups is 1. The summed E-state index contributed by atoms with van der Waals surface area (Å²) in [7, 11) is 3.88. The van der Waals surface area contributed by atoms with Crippen molar-refractivity contribution >= 4 is 22.5 Å². The van der Waals surface area contributed by atoms with Crippen LogP contribution in [0.15, 0.2) is 42.9 Å². The van der Waals surface area contributed by atoms with Crippen molar-refractivity contribution in [1.29, 1.82) is 0 Å². The molecule has 1 aliphatic heterocycles. The molecule has 0 unspecified atom stereocenters. The molecule has 1 aromatic carbocycles. The van der Waals surface area contributed by atoms with Crippen LogP contribution in [0.3, 0.4) is 0 Å². The Morgan fingerprint density at radius 1 is 1.24 bits per heavy atom. The Bertz CT molecular complexity index is 998. The van der Waals surface area contributed by atoms with Gasteiger partial charge in [-0.15, -0.1) is 0 Å².